The van der Waals surface area contributed by atoms with Crippen LogP contribution < -0.4 is 0 Å². The van der Waals surface area contributed by atoms with Crippen LogP contribution >= 0.6 is 0 Å². The molecule has 0 aliphatic heterocycles. The Bertz CT molecular complexity index is 1720. The number of hydrogen-bond donors (Lipinski definition) is 0. The van der Waals surface area contributed by atoms with Gasteiger partial charge in [-0.1, -0.05) is 137 Å². The van der Waals surface area contributed by atoms with E-state index >= 15 is 0 Å². The molecule has 0 atom stereocenters. The predicted molar refractivity (Wildman–Crippen MR) is 163 cm³/mol. The van der Waals surface area contributed by atoms with Crippen molar-refractivity contribution in [3.05, 3.63) is 144 Å². The Balaban J connectivity index is 1.41. The summed E-state index contributed by atoms with van der Waals surface area (Å²) >= 11 is 0. The van der Waals surface area contributed by atoms with E-state index < -0.39 is 0 Å². The fraction of sp³-hybridized carbons (Fsp3) is 0.158. The van der Waals surface area contributed by atoms with Gasteiger partial charge in [0.15, 0.2) is 0 Å². The number of rotatable bonds is 2. The zero-order chi connectivity index (χ0) is 26.1. The summed E-state index contributed by atoms with van der Waals surface area (Å²) in [6.45, 7) is 9.57. The second kappa shape index (κ2) is 8.17. The van der Waals surface area contributed by atoms with Crippen LogP contribution in [0.3, 0.4) is 0 Å². The van der Waals surface area contributed by atoms with Crippen molar-refractivity contribution in [3.63, 3.8) is 0 Å². The van der Waals surface area contributed by atoms with E-state index in [2.05, 4.69) is 149 Å². The normalized spacial score (nSPS) is 15.3. The van der Waals surface area contributed by atoms with Crippen LogP contribution in [0.4, 0.5) is 0 Å². The molecule has 0 heteroatoms. The van der Waals surface area contributed by atoms with Crippen LogP contribution in [0, 0.1) is 0 Å². The minimum Gasteiger partial charge on any atom is -0.0616 e. The van der Waals surface area contributed by atoms with Crippen molar-refractivity contribution in [2.75, 3.05) is 0 Å². The summed E-state index contributed by atoms with van der Waals surface area (Å²) in [4.78, 5) is 0. The second-order valence-electron chi connectivity index (χ2n) is 11.8. The first-order valence-electron chi connectivity index (χ1n) is 13.6. The minimum absolute atomic E-state index is 0.0991. The van der Waals surface area contributed by atoms with Crippen molar-refractivity contribution in [2.45, 2.75) is 38.5 Å². The molecule has 0 fully saturated rings. The van der Waals surface area contributed by atoms with Crippen molar-refractivity contribution in [3.8, 4) is 22.3 Å². The van der Waals surface area contributed by atoms with Gasteiger partial charge in [0.2, 0.25) is 0 Å². The summed E-state index contributed by atoms with van der Waals surface area (Å²) in [6.07, 6.45) is 0. The van der Waals surface area contributed by atoms with Gasteiger partial charge in [0.1, 0.15) is 0 Å². The van der Waals surface area contributed by atoms with Gasteiger partial charge in [0.05, 0.1) is 0 Å². The van der Waals surface area contributed by atoms with Crippen LogP contribution in [0.5, 0.6) is 0 Å². The lowest BCUT2D eigenvalue weighted by atomic mass is 9.59. The van der Waals surface area contributed by atoms with Crippen LogP contribution in [0.2, 0.25) is 0 Å². The van der Waals surface area contributed by atoms with Gasteiger partial charge in [-0.25, -0.2) is 0 Å². The van der Waals surface area contributed by atoms with Crippen molar-refractivity contribution in [1.29, 1.82) is 0 Å². The maximum absolute atomic E-state index is 2.46. The maximum atomic E-state index is 2.46. The molecule has 0 amide bonds. The molecular weight excluding hydrogens is 456 g/mol. The summed E-state index contributed by atoms with van der Waals surface area (Å²) in [5.41, 5.74) is 10.7. The van der Waals surface area contributed by atoms with Gasteiger partial charge in [-0.15, -0.1) is 0 Å². The summed E-state index contributed by atoms with van der Waals surface area (Å²) in [5.74, 6) is 0. The first kappa shape index (κ1) is 23.0. The average molecular weight is 489 g/mol. The Morgan fingerprint density at radius 1 is 0.368 bits per heavy atom. The lowest BCUT2D eigenvalue weighted by Gasteiger charge is -2.44. The third kappa shape index (κ3) is 3.30. The molecule has 0 aromatic heterocycles. The first-order chi connectivity index (χ1) is 18.4. The quantitative estimate of drug-likeness (QED) is 0.227. The highest BCUT2D eigenvalue weighted by atomic mass is 14.4. The summed E-state index contributed by atoms with van der Waals surface area (Å²) in [6, 6.07) is 45.0. The van der Waals surface area contributed by atoms with E-state index in [1.54, 1.807) is 0 Å². The molecule has 0 saturated carbocycles. The minimum atomic E-state index is -0.0991. The largest absolute Gasteiger partial charge is 0.0616 e. The summed E-state index contributed by atoms with van der Waals surface area (Å²) in [5, 5.41) is 5.19. The molecular formula is C38H32. The number of benzene rings is 6. The molecule has 6 aromatic rings. The van der Waals surface area contributed by atoms with Crippen LogP contribution in [-0.4, -0.2) is 0 Å². The van der Waals surface area contributed by atoms with Crippen LogP contribution in [0.15, 0.2) is 121 Å². The third-order valence-corrected chi connectivity index (χ3v) is 8.93. The molecule has 6 aromatic carbocycles. The molecule has 0 radical (unpaired) electrons. The topological polar surface area (TPSA) is 0 Å². The molecule has 38 heavy (non-hydrogen) atoms. The van der Waals surface area contributed by atoms with Gasteiger partial charge >= 0.3 is 0 Å². The fourth-order valence-corrected chi connectivity index (χ4v) is 6.79. The molecule has 1 aliphatic rings. The first-order valence-corrected chi connectivity index (χ1v) is 13.6. The third-order valence-electron chi connectivity index (χ3n) is 8.93. The molecule has 184 valence electrons. The van der Waals surface area contributed by atoms with Crippen LogP contribution in [0.1, 0.15) is 49.9 Å². The highest BCUT2D eigenvalue weighted by molar-refractivity contribution is 5.98. The van der Waals surface area contributed by atoms with Crippen LogP contribution in [0.25, 0.3) is 43.8 Å². The Morgan fingerprint density at radius 3 is 1.21 bits per heavy atom. The molecule has 0 spiro atoms. The summed E-state index contributed by atoms with van der Waals surface area (Å²) in [7, 11) is 0. The standard InChI is InChI=1S/C38H32/c1-37(2)33-21-19-28(32-18-10-14-26-12-6-8-16-30(26)32)24-36(33)38(3,4)34-22-20-27(23-35(34)37)31-17-9-13-25-11-5-7-15-29(25)31/h5-24H,1-4H3. The SMILES string of the molecule is CC1(C)c2ccc(-c3cccc4ccccc34)cc2C(C)(C)c2ccc(-c3cccc4ccccc34)cc21. The van der Waals surface area contributed by atoms with Gasteiger partial charge in [-0.2, -0.15) is 0 Å². The molecule has 7 rings (SSSR count). The van der Waals surface area contributed by atoms with Crippen molar-refractivity contribution < 1.29 is 0 Å². The monoisotopic (exact) mass is 488 g/mol. The Labute approximate surface area is 225 Å². The van der Waals surface area contributed by atoms with Gasteiger partial charge in [0.25, 0.3) is 0 Å². The molecule has 0 bridgehead atoms. The van der Waals surface area contributed by atoms with Crippen molar-refractivity contribution in [1.82, 2.24) is 0 Å². The summed E-state index contributed by atoms with van der Waals surface area (Å²) < 4.78 is 0. The lowest BCUT2D eigenvalue weighted by molar-refractivity contribution is 0.521. The van der Waals surface area contributed by atoms with Gasteiger partial charge in [0, 0.05) is 10.8 Å². The van der Waals surface area contributed by atoms with Crippen molar-refractivity contribution in [2.24, 2.45) is 0 Å². The highest BCUT2D eigenvalue weighted by Gasteiger charge is 2.41. The molecule has 0 N–H and O–H groups in total. The molecule has 1 aliphatic carbocycles. The van der Waals surface area contributed by atoms with E-state index in [9.17, 15) is 0 Å². The van der Waals surface area contributed by atoms with E-state index in [0.717, 1.165) is 0 Å². The van der Waals surface area contributed by atoms with Crippen molar-refractivity contribution >= 4 is 21.5 Å². The van der Waals surface area contributed by atoms with Gasteiger partial charge in [-0.05, 0) is 78.2 Å². The Kier molecular flexibility index (Phi) is 4.94. The highest BCUT2D eigenvalue weighted by Crippen LogP contribution is 2.51. The molecule has 0 unspecified atom stereocenters. The second-order valence-corrected chi connectivity index (χ2v) is 11.8. The molecule has 0 heterocycles. The number of fused-ring (bicyclic) bond motifs is 4. The van der Waals surface area contributed by atoms with E-state index in [0.29, 0.717) is 0 Å². The van der Waals surface area contributed by atoms with E-state index in [1.807, 2.05) is 0 Å². The average Bonchev–Trinajstić information content (AvgIpc) is 2.95. The van der Waals surface area contributed by atoms with Crippen LogP contribution in [-0.2, 0) is 10.8 Å². The molecule has 0 nitrogen and oxygen atoms in total. The Hall–Kier alpha value is -4.16. The maximum Gasteiger partial charge on any atom is 0.0152 e. The number of hydrogen-bond acceptors (Lipinski definition) is 0. The zero-order valence-corrected chi connectivity index (χ0v) is 22.5. The zero-order valence-electron chi connectivity index (χ0n) is 22.5. The van der Waals surface area contributed by atoms with E-state index in [4.69, 9.17) is 0 Å². The van der Waals surface area contributed by atoms with E-state index in [1.165, 1.54) is 66.1 Å². The van der Waals surface area contributed by atoms with Gasteiger partial charge in [-0.3, -0.25) is 0 Å². The molecule has 0 saturated heterocycles. The smallest absolute Gasteiger partial charge is 0.0152 e. The predicted octanol–water partition coefficient (Wildman–Crippen LogP) is 10.3. The Morgan fingerprint density at radius 2 is 0.763 bits per heavy atom. The van der Waals surface area contributed by atoms with E-state index in [-0.39, 0.29) is 10.8 Å². The lowest BCUT2D eigenvalue weighted by Crippen LogP contribution is -2.36. The fourth-order valence-electron chi connectivity index (χ4n) is 6.79. The van der Waals surface area contributed by atoms with Gasteiger partial charge < -0.3 is 0 Å².